The first kappa shape index (κ1) is 24.6. The van der Waals surface area contributed by atoms with E-state index in [2.05, 4.69) is 6.58 Å². The molecule has 2 nitrogen and oxygen atoms in total. The van der Waals surface area contributed by atoms with Crippen molar-refractivity contribution in [3.63, 3.8) is 0 Å². The summed E-state index contributed by atoms with van der Waals surface area (Å²) in [4.78, 5) is 12.8. The average molecular weight is 401 g/mol. The molecule has 1 amide bonds. The van der Waals surface area contributed by atoms with E-state index in [0.29, 0.717) is 6.42 Å². The standard InChI is InChI=1S/C15H20F9NO/c1-10(2)11(26)25(3)9-7-5-4-6-8-12(16,17)13(18,19)14(20,21)15(22,23)24/h1,4-9H2,2-3H3. The highest BCUT2D eigenvalue weighted by atomic mass is 19.4. The van der Waals surface area contributed by atoms with Crippen LogP contribution in [0, 0.1) is 0 Å². The number of amides is 1. The molecule has 0 saturated heterocycles. The molecule has 0 N–H and O–H groups in total. The third kappa shape index (κ3) is 5.54. The first-order valence-electron chi connectivity index (χ1n) is 7.60. The van der Waals surface area contributed by atoms with Gasteiger partial charge < -0.3 is 4.90 Å². The smallest absolute Gasteiger partial charge is 0.342 e. The average Bonchev–Trinajstić information content (AvgIpc) is 2.47. The lowest BCUT2D eigenvalue weighted by molar-refractivity contribution is -0.396. The zero-order chi connectivity index (χ0) is 21.0. The van der Waals surface area contributed by atoms with Gasteiger partial charge in [0.1, 0.15) is 0 Å². The maximum atomic E-state index is 13.3. The van der Waals surface area contributed by atoms with E-state index in [0.717, 1.165) is 0 Å². The second-order valence-electron chi connectivity index (χ2n) is 6.02. The van der Waals surface area contributed by atoms with Gasteiger partial charge in [-0.25, -0.2) is 0 Å². The van der Waals surface area contributed by atoms with Crippen LogP contribution < -0.4 is 0 Å². The van der Waals surface area contributed by atoms with Crippen molar-refractivity contribution in [2.75, 3.05) is 13.6 Å². The van der Waals surface area contributed by atoms with Crippen molar-refractivity contribution in [1.82, 2.24) is 4.90 Å². The molecule has 0 aromatic carbocycles. The van der Waals surface area contributed by atoms with Gasteiger partial charge in [-0.1, -0.05) is 19.4 Å². The van der Waals surface area contributed by atoms with Crippen molar-refractivity contribution in [3.05, 3.63) is 12.2 Å². The van der Waals surface area contributed by atoms with E-state index < -0.39 is 36.8 Å². The monoisotopic (exact) mass is 401 g/mol. The summed E-state index contributed by atoms with van der Waals surface area (Å²) in [5, 5.41) is 0. The van der Waals surface area contributed by atoms with Gasteiger partial charge in [0, 0.05) is 25.6 Å². The van der Waals surface area contributed by atoms with Crippen LogP contribution in [0.15, 0.2) is 12.2 Å². The van der Waals surface area contributed by atoms with Gasteiger partial charge in [0.15, 0.2) is 0 Å². The number of alkyl halides is 9. The Hall–Kier alpha value is -1.42. The SMILES string of the molecule is C=C(C)C(=O)N(C)CCCCCCC(F)(F)C(F)(F)C(F)(F)C(F)(F)F. The number of carbonyl (C=O) groups is 1. The quantitative estimate of drug-likeness (QED) is 0.271. The lowest BCUT2D eigenvalue weighted by Gasteiger charge is -2.33. The molecular weight excluding hydrogens is 381 g/mol. The summed E-state index contributed by atoms with van der Waals surface area (Å²) in [5.74, 6) is -19.2. The summed E-state index contributed by atoms with van der Waals surface area (Å²) in [6.07, 6.45) is -8.86. The van der Waals surface area contributed by atoms with Crippen LogP contribution in [0.5, 0.6) is 0 Å². The molecule has 0 spiro atoms. The van der Waals surface area contributed by atoms with E-state index in [9.17, 15) is 44.3 Å². The van der Waals surface area contributed by atoms with Crippen LogP contribution in [0.25, 0.3) is 0 Å². The molecule has 154 valence electrons. The zero-order valence-corrected chi connectivity index (χ0v) is 14.2. The van der Waals surface area contributed by atoms with Crippen molar-refractivity contribution in [2.45, 2.75) is 63.0 Å². The second kappa shape index (κ2) is 8.51. The number of unbranched alkanes of at least 4 members (excludes halogenated alkanes) is 3. The number of rotatable bonds is 10. The third-order valence-electron chi connectivity index (χ3n) is 3.66. The third-order valence-corrected chi connectivity index (χ3v) is 3.66. The molecule has 11 heteroatoms. The van der Waals surface area contributed by atoms with Crippen LogP contribution in [0.4, 0.5) is 39.5 Å². The predicted octanol–water partition coefficient (Wildman–Crippen LogP) is 5.44. The molecule has 26 heavy (non-hydrogen) atoms. The Morgan fingerprint density at radius 3 is 1.73 bits per heavy atom. The van der Waals surface area contributed by atoms with Crippen LogP contribution in [-0.4, -0.2) is 48.3 Å². The van der Waals surface area contributed by atoms with Crippen molar-refractivity contribution < 1.29 is 44.3 Å². The van der Waals surface area contributed by atoms with E-state index in [1.807, 2.05) is 0 Å². The van der Waals surface area contributed by atoms with Gasteiger partial charge in [-0.05, 0) is 19.8 Å². The maximum Gasteiger partial charge on any atom is 0.460 e. The van der Waals surface area contributed by atoms with E-state index in [4.69, 9.17) is 0 Å². The van der Waals surface area contributed by atoms with Crippen molar-refractivity contribution in [1.29, 1.82) is 0 Å². The Morgan fingerprint density at radius 1 is 0.846 bits per heavy atom. The largest absolute Gasteiger partial charge is 0.460 e. The summed E-state index contributed by atoms with van der Waals surface area (Å²) in [7, 11) is 1.46. The van der Waals surface area contributed by atoms with Gasteiger partial charge in [0.05, 0.1) is 0 Å². The minimum absolute atomic E-state index is 0.0988. The van der Waals surface area contributed by atoms with Crippen LogP contribution in [0.2, 0.25) is 0 Å². The number of nitrogens with zero attached hydrogens (tertiary/aromatic N) is 1. The lowest BCUT2D eigenvalue weighted by atomic mass is 9.98. The summed E-state index contributed by atoms with van der Waals surface area (Å²) in [6.45, 7) is 5.14. The fraction of sp³-hybridized carbons (Fsp3) is 0.800. The Bertz CT molecular complexity index is 500. The van der Waals surface area contributed by atoms with Crippen molar-refractivity contribution in [3.8, 4) is 0 Å². The van der Waals surface area contributed by atoms with Gasteiger partial charge in [-0.2, -0.15) is 39.5 Å². The molecule has 0 atom stereocenters. The number of hydrogen-bond donors (Lipinski definition) is 0. The molecule has 0 aliphatic heterocycles. The Morgan fingerprint density at radius 2 is 1.31 bits per heavy atom. The van der Waals surface area contributed by atoms with E-state index >= 15 is 0 Å². The van der Waals surface area contributed by atoms with Gasteiger partial charge in [0.2, 0.25) is 5.91 Å². The molecule has 0 aliphatic rings. The van der Waals surface area contributed by atoms with Crippen LogP contribution in [0.1, 0.15) is 39.0 Å². The fourth-order valence-electron chi connectivity index (χ4n) is 2.04. The molecular formula is C15H20F9NO. The first-order valence-corrected chi connectivity index (χ1v) is 7.60. The number of halogens is 9. The Labute approximate surface area is 145 Å². The summed E-state index contributed by atoms with van der Waals surface area (Å²) >= 11 is 0. The Kier molecular flexibility index (Phi) is 8.05. The highest BCUT2D eigenvalue weighted by Gasteiger charge is 2.81. The van der Waals surface area contributed by atoms with E-state index in [-0.39, 0.29) is 30.9 Å². The summed E-state index contributed by atoms with van der Waals surface area (Å²) in [6, 6.07) is 0. The van der Waals surface area contributed by atoms with E-state index in [1.54, 1.807) is 0 Å². The van der Waals surface area contributed by atoms with E-state index in [1.165, 1.54) is 18.9 Å². The van der Waals surface area contributed by atoms with Crippen LogP contribution in [0.3, 0.4) is 0 Å². The highest BCUT2D eigenvalue weighted by Crippen LogP contribution is 2.54. The number of likely N-dealkylation sites (N-methyl/N-ethyl adjacent to an activating group) is 1. The highest BCUT2D eigenvalue weighted by molar-refractivity contribution is 5.91. The van der Waals surface area contributed by atoms with Crippen molar-refractivity contribution in [2.24, 2.45) is 0 Å². The van der Waals surface area contributed by atoms with Gasteiger partial charge >= 0.3 is 23.9 Å². The van der Waals surface area contributed by atoms with Crippen molar-refractivity contribution >= 4 is 5.91 Å². The summed E-state index contributed by atoms with van der Waals surface area (Å²) in [5.41, 5.74) is 0.278. The molecule has 0 aliphatic carbocycles. The maximum absolute atomic E-state index is 13.3. The minimum Gasteiger partial charge on any atom is -0.342 e. The molecule has 0 rings (SSSR count). The topological polar surface area (TPSA) is 20.3 Å². The number of carbonyl (C=O) groups excluding carboxylic acids is 1. The molecule has 0 aromatic rings. The zero-order valence-electron chi connectivity index (χ0n) is 14.2. The molecule has 0 saturated carbocycles. The summed E-state index contributed by atoms with van der Waals surface area (Å²) < 4.78 is 114. The Balaban J connectivity index is 4.50. The minimum atomic E-state index is -6.84. The second-order valence-corrected chi connectivity index (χ2v) is 6.02. The van der Waals surface area contributed by atoms with Gasteiger partial charge in [-0.15, -0.1) is 0 Å². The van der Waals surface area contributed by atoms with Crippen LogP contribution >= 0.6 is 0 Å². The normalized spacial score (nSPS) is 13.7. The first-order chi connectivity index (χ1) is 11.5. The fourth-order valence-corrected chi connectivity index (χ4v) is 2.04. The molecule has 0 unspecified atom stereocenters. The van der Waals surface area contributed by atoms with Crippen LogP contribution in [-0.2, 0) is 4.79 Å². The predicted molar refractivity (Wildman–Crippen MR) is 76.4 cm³/mol. The lowest BCUT2D eigenvalue weighted by Crippen LogP contribution is -2.60. The van der Waals surface area contributed by atoms with Gasteiger partial charge in [0.25, 0.3) is 0 Å². The number of hydrogen-bond acceptors (Lipinski definition) is 1. The molecule has 0 heterocycles. The molecule has 0 aromatic heterocycles. The molecule has 0 radical (unpaired) electrons. The molecule has 0 fully saturated rings. The van der Waals surface area contributed by atoms with Gasteiger partial charge in [-0.3, -0.25) is 4.79 Å². The molecule has 0 bridgehead atoms.